The van der Waals surface area contributed by atoms with Gasteiger partial charge in [-0.25, -0.2) is 0 Å². The second-order valence-corrected chi connectivity index (χ2v) is 3.84. The van der Waals surface area contributed by atoms with Crippen LogP contribution in [0, 0.1) is 22.7 Å². The van der Waals surface area contributed by atoms with Crippen molar-refractivity contribution in [2.24, 2.45) is 17.1 Å². The van der Waals surface area contributed by atoms with Crippen LogP contribution in [0.5, 0.6) is 0 Å². The van der Waals surface area contributed by atoms with Crippen LogP contribution in [0.4, 0.5) is 0 Å². The van der Waals surface area contributed by atoms with Crippen molar-refractivity contribution in [1.82, 2.24) is 0 Å². The van der Waals surface area contributed by atoms with E-state index in [1.807, 2.05) is 13.8 Å². The lowest BCUT2D eigenvalue weighted by Gasteiger charge is -2.32. The molecule has 0 aromatic heterocycles. The van der Waals surface area contributed by atoms with Crippen LogP contribution in [0.15, 0.2) is 11.8 Å². The van der Waals surface area contributed by atoms with Crippen LogP contribution in [-0.4, -0.2) is 5.78 Å². The zero-order valence-corrected chi connectivity index (χ0v) is 7.29. The largest absolute Gasteiger partial charge is 0.401 e. The number of ketones is 1. The summed E-state index contributed by atoms with van der Waals surface area (Å²) in [5.74, 6) is -0.306. The molecule has 12 heavy (non-hydrogen) atoms. The summed E-state index contributed by atoms with van der Waals surface area (Å²) >= 11 is 0. The number of hydrogen-bond acceptors (Lipinski definition) is 3. The maximum absolute atomic E-state index is 11.1. The van der Waals surface area contributed by atoms with Gasteiger partial charge < -0.3 is 5.73 Å². The molecule has 0 bridgehead atoms. The molecule has 0 saturated heterocycles. The molecule has 1 atom stereocenters. The summed E-state index contributed by atoms with van der Waals surface area (Å²) in [6, 6.07) is 2.12. The highest BCUT2D eigenvalue weighted by Gasteiger charge is 2.36. The van der Waals surface area contributed by atoms with Crippen LogP contribution in [0.3, 0.4) is 0 Å². The van der Waals surface area contributed by atoms with E-state index < -0.39 is 0 Å². The summed E-state index contributed by atoms with van der Waals surface area (Å²) in [4.78, 5) is 11.1. The molecule has 0 fully saturated rings. The van der Waals surface area contributed by atoms with Gasteiger partial charge in [0.15, 0.2) is 5.78 Å². The van der Waals surface area contributed by atoms with Gasteiger partial charge in [-0.05, 0) is 5.41 Å². The number of carbonyl (C=O) groups is 1. The SMILES string of the molecule is CC1(C)CC(=O)C=C(N)C1C#N. The number of nitriles is 1. The van der Waals surface area contributed by atoms with Crippen LogP contribution >= 0.6 is 0 Å². The van der Waals surface area contributed by atoms with Crippen molar-refractivity contribution in [3.05, 3.63) is 11.8 Å². The summed E-state index contributed by atoms with van der Waals surface area (Å²) in [6.45, 7) is 3.78. The number of hydrogen-bond donors (Lipinski definition) is 1. The molecular formula is C9H12N2O. The lowest BCUT2D eigenvalue weighted by atomic mass is 9.71. The van der Waals surface area contributed by atoms with E-state index in [0.29, 0.717) is 12.1 Å². The molecule has 0 radical (unpaired) electrons. The van der Waals surface area contributed by atoms with E-state index in [1.54, 1.807) is 0 Å². The van der Waals surface area contributed by atoms with Crippen molar-refractivity contribution in [2.75, 3.05) is 0 Å². The highest BCUT2D eigenvalue weighted by molar-refractivity contribution is 5.92. The Morgan fingerprint density at radius 3 is 2.75 bits per heavy atom. The third-order valence-corrected chi connectivity index (χ3v) is 2.20. The molecule has 1 aliphatic carbocycles. The van der Waals surface area contributed by atoms with E-state index in [2.05, 4.69) is 6.07 Å². The van der Waals surface area contributed by atoms with Gasteiger partial charge in [0.05, 0.1) is 12.0 Å². The number of carbonyl (C=O) groups excluding carboxylic acids is 1. The van der Waals surface area contributed by atoms with Crippen LogP contribution in [0.1, 0.15) is 20.3 Å². The lowest BCUT2D eigenvalue weighted by Crippen LogP contribution is -2.34. The maximum Gasteiger partial charge on any atom is 0.158 e. The molecule has 0 heterocycles. The smallest absolute Gasteiger partial charge is 0.158 e. The molecule has 0 aliphatic heterocycles. The summed E-state index contributed by atoms with van der Waals surface area (Å²) in [5, 5.41) is 8.80. The second kappa shape index (κ2) is 2.63. The van der Waals surface area contributed by atoms with Gasteiger partial charge in [-0.15, -0.1) is 0 Å². The van der Waals surface area contributed by atoms with Gasteiger partial charge in [-0.3, -0.25) is 4.79 Å². The zero-order chi connectivity index (χ0) is 9.35. The Morgan fingerprint density at radius 2 is 2.33 bits per heavy atom. The first-order valence-electron chi connectivity index (χ1n) is 3.87. The summed E-state index contributed by atoms with van der Waals surface area (Å²) in [7, 11) is 0. The highest BCUT2D eigenvalue weighted by atomic mass is 16.1. The minimum atomic E-state index is -0.324. The normalized spacial score (nSPS) is 27.6. The predicted molar refractivity (Wildman–Crippen MR) is 44.8 cm³/mol. The Kier molecular flexibility index (Phi) is 1.93. The van der Waals surface area contributed by atoms with Crippen LogP contribution in [0.2, 0.25) is 0 Å². The van der Waals surface area contributed by atoms with Crippen LogP contribution < -0.4 is 5.73 Å². The van der Waals surface area contributed by atoms with E-state index in [1.165, 1.54) is 6.08 Å². The molecule has 0 spiro atoms. The molecule has 64 valence electrons. The van der Waals surface area contributed by atoms with Gasteiger partial charge in [-0.1, -0.05) is 13.8 Å². The van der Waals surface area contributed by atoms with Crippen LogP contribution in [-0.2, 0) is 4.79 Å². The average Bonchev–Trinajstić information content (AvgIpc) is 1.82. The highest BCUT2D eigenvalue weighted by Crippen LogP contribution is 2.37. The minimum Gasteiger partial charge on any atom is -0.401 e. The summed E-state index contributed by atoms with van der Waals surface area (Å²) in [5.41, 5.74) is 5.66. The maximum atomic E-state index is 11.1. The van der Waals surface area contributed by atoms with Gasteiger partial charge in [0.1, 0.15) is 0 Å². The van der Waals surface area contributed by atoms with Crippen molar-refractivity contribution >= 4 is 5.78 Å². The van der Waals surface area contributed by atoms with E-state index >= 15 is 0 Å². The van der Waals surface area contributed by atoms with Crippen molar-refractivity contribution < 1.29 is 4.79 Å². The average molecular weight is 164 g/mol. The second-order valence-electron chi connectivity index (χ2n) is 3.84. The minimum absolute atomic E-state index is 0.0176. The first-order valence-corrected chi connectivity index (χ1v) is 3.87. The Labute approximate surface area is 71.9 Å². The number of nitrogens with zero attached hydrogens (tertiary/aromatic N) is 1. The van der Waals surface area contributed by atoms with Gasteiger partial charge >= 0.3 is 0 Å². The molecule has 0 aromatic carbocycles. The standard InChI is InChI=1S/C9H12N2O/c1-9(2)4-6(12)3-8(11)7(9)5-10/h3,7H,4,11H2,1-2H3. The van der Waals surface area contributed by atoms with Gasteiger partial charge in [0.2, 0.25) is 0 Å². The van der Waals surface area contributed by atoms with Crippen molar-refractivity contribution in [3.63, 3.8) is 0 Å². The Balaban J connectivity index is 3.07. The fraction of sp³-hybridized carbons (Fsp3) is 0.556. The first kappa shape index (κ1) is 8.79. The van der Waals surface area contributed by atoms with E-state index in [-0.39, 0.29) is 17.1 Å². The van der Waals surface area contributed by atoms with Crippen LogP contribution in [0.25, 0.3) is 0 Å². The molecule has 1 aliphatic rings. The topological polar surface area (TPSA) is 66.9 Å². The molecule has 0 aromatic rings. The quantitative estimate of drug-likeness (QED) is 0.580. The fourth-order valence-corrected chi connectivity index (χ4v) is 1.57. The van der Waals surface area contributed by atoms with Crippen molar-refractivity contribution in [3.8, 4) is 6.07 Å². The zero-order valence-electron chi connectivity index (χ0n) is 7.29. The van der Waals surface area contributed by atoms with Gasteiger partial charge in [0.25, 0.3) is 0 Å². The Hall–Kier alpha value is -1.30. The third kappa shape index (κ3) is 1.33. The van der Waals surface area contributed by atoms with E-state index in [4.69, 9.17) is 11.0 Å². The van der Waals surface area contributed by atoms with E-state index in [9.17, 15) is 4.79 Å². The molecule has 2 N–H and O–H groups in total. The third-order valence-electron chi connectivity index (χ3n) is 2.20. The van der Waals surface area contributed by atoms with Gasteiger partial charge in [-0.2, -0.15) is 5.26 Å². The molecule has 3 heteroatoms. The van der Waals surface area contributed by atoms with E-state index in [0.717, 1.165) is 0 Å². The van der Waals surface area contributed by atoms with Crippen molar-refractivity contribution in [1.29, 1.82) is 5.26 Å². The Morgan fingerprint density at radius 1 is 1.75 bits per heavy atom. The fourth-order valence-electron chi connectivity index (χ4n) is 1.57. The number of allylic oxidation sites excluding steroid dienone is 2. The predicted octanol–water partition coefficient (Wildman–Crippen LogP) is 0.968. The Bertz CT molecular complexity index is 283. The summed E-state index contributed by atoms with van der Waals surface area (Å²) < 4.78 is 0. The number of rotatable bonds is 0. The molecule has 1 rings (SSSR count). The first-order chi connectivity index (χ1) is 5.47. The monoisotopic (exact) mass is 164 g/mol. The molecule has 1 unspecified atom stereocenters. The molecule has 0 amide bonds. The molecule has 3 nitrogen and oxygen atoms in total. The molecule has 0 saturated carbocycles. The lowest BCUT2D eigenvalue weighted by molar-refractivity contribution is -0.117. The van der Waals surface area contributed by atoms with Gasteiger partial charge in [0, 0.05) is 18.2 Å². The molecular weight excluding hydrogens is 152 g/mol. The number of nitrogens with two attached hydrogens (primary N) is 1. The summed E-state index contributed by atoms with van der Waals surface area (Å²) in [6.07, 6.45) is 1.78. The van der Waals surface area contributed by atoms with Crippen molar-refractivity contribution in [2.45, 2.75) is 20.3 Å².